The van der Waals surface area contributed by atoms with Crippen LogP contribution in [0.15, 0.2) is 0 Å². The molecule has 0 saturated heterocycles. The maximum absolute atomic E-state index is 11.8. The van der Waals surface area contributed by atoms with Crippen LogP contribution >= 0.6 is 0 Å². The second kappa shape index (κ2) is 39.5. The van der Waals surface area contributed by atoms with E-state index < -0.39 is 36.3 Å². The molecule has 0 aromatic rings. The van der Waals surface area contributed by atoms with Crippen molar-refractivity contribution >= 4 is 11.9 Å². The number of nitrogens with one attached hydrogen (secondary N) is 1. The van der Waals surface area contributed by atoms with Crippen LogP contribution in [-0.4, -0.2) is 69.8 Å². The van der Waals surface area contributed by atoms with E-state index >= 15 is 0 Å². The zero-order valence-electron chi connectivity index (χ0n) is 32.2. The monoisotopic (exact) mass is 703 g/mol. The van der Waals surface area contributed by atoms with E-state index in [4.69, 9.17) is 5.11 Å². The molecule has 9 nitrogen and oxygen atoms in total. The second-order valence-corrected chi connectivity index (χ2v) is 14.2. The van der Waals surface area contributed by atoms with Crippen LogP contribution < -0.4 is 16.2 Å². The van der Waals surface area contributed by atoms with Crippen molar-refractivity contribution in [1.29, 1.82) is 0 Å². The summed E-state index contributed by atoms with van der Waals surface area (Å²) in [6.45, 7) is 5.96. The summed E-state index contributed by atoms with van der Waals surface area (Å²) >= 11 is 0. The normalized spacial score (nSPS) is 13.7. The molecule has 0 rings (SSSR count). The summed E-state index contributed by atoms with van der Waals surface area (Å²) in [6.07, 6.45) is 31.4. The third-order valence-electron chi connectivity index (χ3n) is 9.44. The maximum Gasteiger partial charge on any atom is 0.251 e. The predicted octanol–water partition coefficient (Wildman–Crippen LogP) is 6.27. The fourth-order valence-electron chi connectivity index (χ4n) is 6.03. The summed E-state index contributed by atoms with van der Waals surface area (Å²) in [7, 11) is 0. The van der Waals surface area contributed by atoms with Gasteiger partial charge in [0.25, 0.3) is 5.91 Å². The van der Waals surface area contributed by atoms with Crippen molar-refractivity contribution < 1.29 is 40.9 Å². The number of carboxylic acid groups (broad SMARTS) is 1. The Balaban J connectivity index is 0. The van der Waals surface area contributed by atoms with Crippen molar-refractivity contribution in [3.63, 3.8) is 0 Å². The van der Waals surface area contributed by atoms with Gasteiger partial charge in [0.15, 0.2) is 6.10 Å². The zero-order chi connectivity index (χ0) is 36.8. The fraction of sp³-hybridized carbons (Fsp3) is 0.950. The first-order chi connectivity index (χ1) is 23.7. The van der Waals surface area contributed by atoms with Crippen LogP contribution in [0.4, 0.5) is 0 Å². The molecule has 0 heterocycles. The quantitative estimate of drug-likeness (QED) is 0.0417. The lowest BCUT2D eigenvalue weighted by Crippen LogP contribution is -2.55. The molecule has 0 aromatic heterocycles. The van der Waals surface area contributed by atoms with Gasteiger partial charge >= 0.3 is 0 Å². The average molecular weight is 703 g/mol. The number of carbonyl (C=O) groups excluding carboxylic acids is 2. The van der Waals surface area contributed by atoms with Gasteiger partial charge in [0.2, 0.25) is 0 Å². The molecule has 0 aromatic carbocycles. The molecular weight excluding hydrogens is 620 g/mol. The van der Waals surface area contributed by atoms with Crippen molar-refractivity contribution in [3.8, 4) is 0 Å². The van der Waals surface area contributed by atoms with Crippen LogP contribution in [0.1, 0.15) is 206 Å². The first-order valence-corrected chi connectivity index (χ1v) is 20.7. The first kappa shape index (κ1) is 49.9. The molecule has 9 heteroatoms. The molecule has 0 saturated carbocycles. The third kappa shape index (κ3) is 34.9. The molecule has 0 aliphatic heterocycles. The number of carboxylic acids is 1. The highest BCUT2D eigenvalue weighted by molar-refractivity contribution is 5.81. The number of carbonyl (C=O) groups is 2. The van der Waals surface area contributed by atoms with Crippen LogP contribution in [-0.2, 0) is 9.59 Å². The second-order valence-electron chi connectivity index (χ2n) is 14.2. The average Bonchev–Trinajstić information content (AvgIpc) is 3.10. The first-order valence-electron chi connectivity index (χ1n) is 20.7. The minimum Gasteiger partial charge on any atom is -0.547 e. The molecule has 4 atom stereocenters. The predicted molar refractivity (Wildman–Crippen MR) is 200 cm³/mol. The van der Waals surface area contributed by atoms with Crippen LogP contribution in [0, 0.1) is 0 Å². The number of hydrogen-bond donors (Lipinski definition) is 6. The Kier molecular flexibility index (Phi) is 40.2. The number of aliphatic carboxylic acids is 1. The van der Waals surface area contributed by atoms with Crippen molar-refractivity contribution in [1.82, 2.24) is 5.32 Å². The lowest BCUT2D eigenvalue weighted by atomic mass is 10.0. The van der Waals surface area contributed by atoms with Crippen LogP contribution in [0.2, 0.25) is 0 Å². The minimum atomic E-state index is -2.40. The highest BCUT2D eigenvalue weighted by Crippen LogP contribution is 2.15. The van der Waals surface area contributed by atoms with E-state index in [9.17, 15) is 30.0 Å². The molecule has 49 heavy (non-hydrogen) atoms. The Labute approximate surface area is 301 Å². The topological polar surface area (TPSA) is 178 Å². The van der Waals surface area contributed by atoms with E-state index in [2.05, 4.69) is 24.9 Å². The number of aliphatic hydroxyl groups excluding tert-OH is 4. The molecule has 0 spiro atoms. The molecule has 8 N–H and O–H groups in total. The zero-order valence-corrected chi connectivity index (χ0v) is 32.2. The fourth-order valence-corrected chi connectivity index (χ4v) is 6.03. The number of unbranched alkanes of at least 4 members (excludes halogenated alkanes) is 28. The summed E-state index contributed by atoms with van der Waals surface area (Å²) in [4.78, 5) is 22.2. The summed E-state index contributed by atoms with van der Waals surface area (Å²) < 4.78 is 0. The van der Waals surface area contributed by atoms with E-state index in [1.54, 1.807) is 0 Å². The number of hydrogen-bond acceptors (Lipinski definition) is 7. The number of quaternary nitrogens is 1. The minimum absolute atomic E-state index is 0.306. The Hall–Kier alpha value is -1.26. The summed E-state index contributed by atoms with van der Waals surface area (Å²) in [5, 5.41) is 50.7. The molecule has 1 amide bonds. The third-order valence-corrected chi connectivity index (χ3v) is 9.44. The van der Waals surface area contributed by atoms with Gasteiger partial charge < -0.3 is 41.4 Å². The van der Waals surface area contributed by atoms with E-state index in [1.807, 2.05) is 0 Å². The van der Waals surface area contributed by atoms with Crippen molar-refractivity contribution in [2.75, 3.05) is 13.1 Å². The highest BCUT2D eigenvalue weighted by atomic mass is 16.4. The maximum atomic E-state index is 11.8. The van der Waals surface area contributed by atoms with E-state index in [0.717, 1.165) is 32.2 Å². The van der Waals surface area contributed by atoms with Gasteiger partial charge in [0.05, 0.1) is 12.5 Å². The van der Waals surface area contributed by atoms with Gasteiger partial charge in [-0.05, 0) is 19.3 Å². The van der Waals surface area contributed by atoms with Crippen LogP contribution in [0.5, 0.6) is 0 Å². The molecule has 0 aliphatic carbocycles. The Bertz CT molecular complexity index is 682. The Morgan fingerprint density at radius 2 is 0.735 bits per heavy atom. The Morgan fingerprint density at radius 1 is 0.469 bits per heavy atom. The number of rotatable bonds is 36. The molecule has 0 unspecified atom stereocenters. The van der Waals surface area contributed by atoms with Crippen LogP contribution in [0.3, 0.4) is 0 Å². The molecule has 294 valence electrons. The van der Waals surface area contributed by atoms with Crippen molar-refractivity contribution in [3.05, 3.63) is 0 Å². The van der Waals surface area contributed by atoms with Crippen molar-refractivity contribution in [2.24, 2.45) is 0 Å². The van der Waals surface area contributed by atoms with Gasteiger partial charge in [-0.1, -0.05) is 187 Å². The van der Waals surface area contributed by atoms with Gasteiger partial charge in [-0.3, -0.25) is 4.79 Å². The smallest absolute Gasteiger partial charge is 0.251 e. The summed E-state index contributed by atoms with van der Waals surface area (Å²) in [5.74, 6) is -2.93. The number of amides is 1. The van der Waals surface area contributed by atoms with E-state index in [1.165, 1.54) is 167 Å². The standard InChI is InChI=1S/C23H45NO7.C17H37N/c1-2-3-4-5-6-7-8-9-10-11-12-13-14-15-16-17-24-22(29)20(27)18(25)19(26)21(28)23(30)31;1-2-3-4-5-6-7-8-9-10-11-12-13-14-15-16-17-18/h18-21,25-28H,2-17H2,1H3,(H,24,29)(H,30,31);2-18H2,1H3/t18-,19-,20+,21-;/m1./s1. The Morgan fingerprint density at radius 3 is 1.02 bits per heavy atom. The van der Waals surface area contributed by atoms with Gasteiger partial charge in [-0.25, -0.2) is 0 Å². The molecule has 0 fully saturated rings. The molecule has 0 bridgehead atoms. The lowest BCUT2D eigenvalue weighted by Gasteiger charge is -2.26. The van der Waals surface area contributed by atoms with Gasteiger partial charge in [0.1, 0.15) is 18.3 Å². The summed E-state index contributed by atoms with van der Waals surface area (Å²) in [6, 6.07) is 0. The van der Waals surface area contributed by atoms with E-state index in [0.29, 0.717) is 6.54 Å². The van der Waals surface area contributed by atoms with E-state index in [-0.39, 0.29) is 0 Å². The SMILES string of the molecule is CCCCCCCCCCCCCCCCCNC(=O)[C@@H](O)[C@H](O)[C@@H](O)[C@@H](O)C(=O)[O-].CCCCCCCCCCCCCCCCC[NH3+]. The lowest BCUT2D eigenvalue weighted by molar-refractivity contribution is -0.368. The van der Waals surface area contributed by atoms with Gasteiger partial charge in [0, 0.05) is 6.54 Å². The van der Waals surface area contributed by atoms with Crippen molar-refractivity contribution in [2.45, 2.75) is 231 Å². The summed E-state index contributed by atoms with van der Waals surface area (Å²) in [5.41, 5.74) is 3.88. The van der Waals surface area contributed by atoms with Gasteiger partial charge in [-0.2, -0.15) is 0 Å². The molecular formula is C40H82N2O7. The molecule has 0 aliphatic rings. The highest BCUT2D eigenvalue weighted by Gasteiger charge is 2.34. The number of aliphatic hydroxyl groups is 4. The molecule has 0 radical (unpaired) electrons. The van der Waals surface area contributed by atoms with Crippen LogP contribution in [0.25, 0.3) is 0 Å². The largest absolute Gasteiger partial charge is 0.547 e. The van der Waals surface area contributed by atoms with Gasteiger partial charge in [-0.15, -0.1) is 0 Å².